The number of carbonyl (C=O) groups excluding carboxylic acids is 1. The Morgan fingerprint density at radius 3 is 2.07 bits per heavy atom. The van der Waals surface area contributed by atoms with Crippen molar-refractivity contribution in [3.63, 3.8) is 0 Å². The predicted octanol–water partition coefficient (Wildman–Crippen LogP) is 5.49. The molecule has 5 heteroatoms. The first-order valence-electron chi connectivity index (χ1n) is 10.0. The normalized spacial score (nSPS) is 19.5. The summed E-state index contributed by atoms with van der Waals surface area (Å²) in [6.45, 7) is 2.00. The van der Waals surface area contributed by atoms with Crippen LogP contribution in [0.25, 0.3) is 0 Å². The SMILES string of the molecule is Cc1ccc(C2C(CCC(O)c3ccc(F)cc3)C(=O)N2c2ccc(F)cc2)cc1. The molecule has 1 saturated heterocycles. The van der Waals surface area contributed by atoms with Crippen LogP contribution >= 0.6 is 0 Å². The van der Waals surface area contributed by atoms with Crippen molar-refractivity contribution in [2.45, 2.75) is 31.9 Å². The molecule has 3 atom stereocenters. The minimum absolute atomic E-state index is 0.0431. The summed E-state index contributed by atoms with van der Waals surface area (Å²) in [4.78, 5) is 14.7. The van der Waals surface area contributed by atoms with Crippen molar-refractivity contribution >= 4 is 11.6 Å². The van der Waals surface area contributed by atoms with E-state index in [9.17, 15) is 18.7 Å². The summed E-state index contributed by atoms with van der Waals surface area (Å²) in [6.07, 6.45) is 0.117. The number of hydrogen-bond acceptors (Lipinski definition) is 2. The molecule has 0 spiro atoms. The number of aliphatic hydroxyl groups excluding tert-OH is 1. The van der Waals surface area contributed by atoms with Gasteiger partial charge in [-0.15, -0.1) is 0 Å². The lowest BCUT2D eigenvalue weighted by molar-refractivity contribution is -0.131. The van der Waals surface area contributed by atoms with Gasteiger partial charge < -0.3 is 10.0 Å². The van der Waals surface area contributed by atoms with Crippen LogP contribution in [0, 0.1) is 24.5 Å². The zero-order chi connectivity index (χ0) is 21.3. The van der Waals surface area contributed by atoms with E-state index in [0.717, 1.165) is 11.1 Å². The standard InChI is InChI=1S/C25H23F2NO2/c1-16-2-4-18(5-3-16)24-22(14-15-23(29)17-6-8-19(26)9-7-17)25(30)28(24)21-12-10-20(27)11-13-21/h2-13,22-24,29H,14-15H2,1H3. The van der Waals surface area contributed by atoms with Crippen LogP contribution in [0.5, 0.6) is 0 Å². The largest absolute Gasteiger partial charge is 0.388 e. The zero-order valence-corrected chi connectivity index (χ0v) is 16.6. The van der Waals surface area contributed by atoms with Crippen LogP contribution in [0.1, 0.15) is 41.7 Å². The van der Waals surface area contributed by atoms with Crippen molar-refractivity contribution in [3.05, 3.63) is 101 Å². The quantitative estimate of drug-likeness (QED) is 0.549. The van der Waals surface area contributed by atoms with Crippen LogP contribution in [0.2, 0.25) is 0 Å². The Hall–Kier alpha value is -3.05. The molecule has 0 radical (unpaired) electrons. The van der Waals surface area contributed by atoms with Crippen molar-refractivity contribution in [1.29, 1.82) is 0 Å². The molecule has 30 heavy (non-hydrogen) atoms. The fourth-order valence-corrected chi connectivity index (χ4v) is 4.05. The molecule has 0 bridgehead atoms. The smallest absolute Gasteiger partial charge is 0.233 e. The molecule has 3 aromatic carbocycles. The summed E-state index contributed by atoms with van der Waals surface area (Å²) < 4.78 is 26.5. The monoisotopic (exact) mass is 407 g/mol. The number of rotatable bonds is 6. The molecule has 3 aromatic rings. The van der Waals surface area contributed by atoms with Gasteiger partial charge in [0.1, 0.15) is 11.6 Å². The Morgan fingerprint density at radius 1 is 0.900 bits per heavy atom. The number of carbonyl (C=O) groups is 1. The van der Waals surface area contributed by atoms with E-state index in [0.29, 0.717) is 24.1 Å². The highest BCUT2D eigenvalue weighted by Crippen LogP contribution is 2.46. The number of anilines is 1. The molecule has 1 heterocycles. The van der Waals surface area contributed by atoms with Gasteiger partial charge in [-0.3, -0.25) is 4.79 Å². The maximum absolute atomic E-state index is 13.4. The van der Waals surface area contributed by atoms with Gasteiger partial charge in [-0.05, 0) is 67.3 Å². The highest BCUT2D eigenvalue weighted by Gasteiger charge is 2.48. The minimum Gasteiger partial charge on any atom is -0.388 e. The molecule has 3 unspecified atom stereocenters. The summed E-state index contributed by atoms with van der Waals surface area (Å²) in [6, 6.07) is 19.5. The lowest BCUT2D eigenvalue weighted by Gasteiger charge is -2.48. The molecule has 1 fully saturated rings. The van der Waals surface area contributed by atoms with Crippen LogP contribution in [0.3, 0.4) is 0 Å². The van der Waals surface area contributed by atoms with Gasteiger partial charge in [-0.2, -0.15) is 0 Å². The predicted molar refractivity (Wildman–Crippen MR) is 112 cm³/mol. The minimum atomic E-state index is -0.767. The Bertz CT molecular complexity index is 1020. The third-order valence-electron chi connectivity index (χ3n) is 5.74. The fraction of sp³-hybridized carbons (Fsp3) is 0.240. The van der Waals surface area contributed by atoms with E-state index in [1.54, 1.807) is 29.2 Å². The summed E-state index contributed by atoms with van der Waals surface area (Å²) in [5.74, 6) is -1.03. The number of amides is 1. The van der Waals surface area contributed by atoms with Gasteiger partial charge in [0.2, 0.25) is 5.91 Å². The van der Waals surface area contributed by atoms with Crippen molar-refractivity contribution in [2.24, 2.45) is 5.92 Å². The van der Waals surface area contributed by atoms with Gasteiger partial charge in [0, 0.05) is 5.69 Å². The average molecular weight is 407 g/mol. The second-order valence-corrected chi connectivity index (χ2v) is 7.79. The molecule has 0 saturated carbocycles. The van der Waals surface area contributed by atoms with Gasteiger partial charge in [-0.1, -0.05) is 42.0 Å². The first-order chi connectivity index (χ1) is 14.4. The number of β-lactam (4-membered cyclic amide) rings is 1. The zero-order valence-electron chi connectivity index (χ0n) is 16.6. The van der Waals surface area contributed by atoms with E-state index in [2.05, 4.69) is 0 Å². The van der Waals surface area contributed by atoms with Crippen LogP contribution in [0.15, 0.2) is 72.8 Å². The molecular weight excluding hydrogens is 384 g/mol. The lowest BCUT2D eigenvalue weighted by Crippen LogP contribution is -2.55. The van der Waals surface area contributed by atoms with E-state index in [4.69, 9.17) is 0 Å². The second-order valence-electron chi connectivity index (χ2n) is 7.79. The van der Waals surface area contributed by atoms with Crippen molar-refractivity contribution in [3.8, 4) is 0 Å². The maximum atomic E-state index is 13.4. The number of aryl methyl sites for hydroxylation is 1. The Morgan fingerprint density at radius 2 is 1.47 bits per heavy atom. The topological polar surface area (TPSA) is 40.5 Å². The number of nitrogens with zero attached hydrogens (tertiary/aromatic N) is 1. The first-order valence-corrected chi connectivity index (χ1v) is 10.0. The van der Waals surface area contributed by atoms with Crippen molar-refractivity contribution in [2.75, 3.05) is 4.90 Å². The van der Waals surface area contributed by atoms with Gasteiger partial charge in [0.05, 0.1) is 18.1 Å². The van der Waals surface area contributed by atoms with Crippen LogP contribution < -0.4 is 4.90 Å². The fourth-order valence-electron chi connectivity index (χ4n) is 4.05. The molecule has 1 aliphatic heterocycles. The van der Waals surface area contributed by atoms with Crippen LogP contribution in [-0.4, -0.2) is 11.0 Å². The second kappa shape index (κ2) is 8.36. The molecule has 1 aliphatic rings. The number of halogens is 2. The van der Waals surface area contributed by atoms with Crippen molar-refractivity contribution < 1.29 is 18.7 Å². The Balaban J connectivity index is 1.55. The summed E-state index contributed by atoms with van der Waals surface area (Å²) in [7, 11) is 0. The van der Waals surface area contributed by atoms with Gasteiger partial charge >= 0.3 is 0 Å². The Labute approximate surface area is 174 Å². The summed E-state index contributed by atoms with van der Waals surface area (Å²) in [5, 5.41) is 10.5. The molecule has 4 rings (SSSR count). The molecule has 1 N–H and O–H groups in total. The highest BCUT2D eigenvalue weighted by molar-refractivity contribution is 6.03. The van der Waals surface area contributed by atoms with E-state index in [1.807, 2.05) is 31.2 Å². The van der Waals surface area contributed by atoms with E-state index >= 15 is 0 Å². The van der Waals surface area contributed by atoms with Gasteiger partial charge in [0.25, 0.3) is 0 Å². The lowest BCUT2D eigenvalue weighted by atomic mass is 9.78. The molecular formula is C25H23F2NO2. The summed E-state index contributed by atoms with van der Waals surface area (Å²) >= 11 is 0. The number of aliphatic hydroxyl groups is 1. The highest BCUT2D eigenvalue weighted by atomic mass is 19.1. The van der Waals surface area contributed by atoms with E-state index in [1.165, 1.54) is 24.3 Å². The average Bonchev–Trinajstić information content (AvgIpc) is 2.74. The molecule has 3 nitrogen and oxygen atoms in total. The van der Waals surface area contributed by atoms with Crippen LogP contribution in [-0.2, 0) is 4.79 Å². The summed E-state index contributed by atoms with van der Waals surface area (Å²) in [5.41, 5.74) is 3.42. The Kier molecular flexibility index (Phi) is 5.64. The van der Waals surface area contributed by atoms with Crippen molar-refractivity contribution in [1.82, 2.24) is 0 Å². The maximum Gasteiger partial charge on any atom is 0.233 e. The number of hydrogen-bond donors (Lipinski definition) is 1. The third kappa shape index (κ3) is 3.98. The van der Waals surface area contributed by atoms with E-state index < -0.39 is 6.10 Å². The number of benzene rings is 3. The first kappa shape index (κ1) is 20.2. The van der Waals surface area contributed by atoms with E-state index in [-0.39, 0.29) is 29.5 Å². The van der Waals surface area contributed by atoms with Gasteiger partial charge in [-0.25, -0.2) is 8.78 Å². The molecule has 154 valence electrons. The molecule has 0 aromatic heterocycles. The van der Waals surface area contributed by atoms with Crippen LogP contribution in [0.4, 0.5) is 14.5 Å². The molecule has 0 aliphatic carbocycles. The molecule has 1 amide bonds. The van der Waals surface area contributed by atoms with Gasteiger partial charge in [0.15, 0.2) is 0 Å². The third-order valence-corrected chi connectivity index (χ3v) is 5.74.